The van der Waals surface area contributed by atoms with Gasteiger partial charge in [0.25, 0.3) is 0 Å². The molecule has 0 heterocycles. The predicted molar refractivity (Wildman–Crippen MR) is 70.5 cm³/mol. The molecule has 17 heavy (non-hydrogen) atoms. The third-order valence-corrected chi connectivity index (χ3v) is 3.10. The second-order valence-electron chi connectivity index (χ2n) is 4.38. The molecule has 96 valence electrons. The molecule has 0 amide bonds. The third-order valence-electron chi connectivity index (χ3n) is 3.10. The van der Waals surface area contributed by atoms with Gasteiger partial charge in [-0.2, -0.15) is 0 Å². The number of nitrogens with one attached hydrogen (secondary N) is 1. The molecule has 1 atom stereocenters. The molecule has 0 aliphatic rings. The van der Waals surface area contributed by atoms with Crippen LogP contribution in [-0.2, 0) is 6.54 Å². The molecule has 3 heteroatoms. The molecular formula is C14H23FN2. The number of hydrogen-bond donors (Lipinski definition) is 1. The highest BCUT2D eigenvalue weighted by atomic mass is 19.1. The summed E-state index contributed by atoms with van der Waals surface area (Å²) in [6.45, 7) is 6.86. The van der Waals surface area contributed by atoms with Gasteiger partial charge in [0.1, 0.15) is 5.82 Å². The molecule has 0 aliphatic carbocycles. The number of likely N-dealkylation sites (N-methyl/N-ethyl adjacent to an activating group) is 2. The lowest BCUT2D eigenvalue weighted by atomic mass is 10.1. The molecule has 1 rings (SSSR count). The van der Waals surface area contributed by atoms with Crippen LogP contribution in [0.25, 0.3) is 0 Å². The van der Waals surface area contributed by atoms with Crippen molar-refractivity contribution in [1.82, 2.24) is 10.2 Å². The Morgan fingerprint density at radius 2 is 2.00 bits per heavy atom. The van der Waals surface area contributed by atoms with E-state index in [0.717, 1.165) is 25.1 Å². The van der Waals surface area contributed by atoms with Crippen LogP contribution in [0, 0.1) is 5.82 Å². The second-order valence-corrected chi connectivity index (χ2v) is 4.38. The van der Waals surface area contributed by atoms with Crippen LogP contribution in [0.3, 0.4) is 0 Å². The molecule has 0 radical (unpaired) electrons. The summed E-state index contributed by atoms with van der Waals surface area (Å²) in [5.74, 6) is -0.113. The number of benzene rings is 1. The quantitative estimate of drug-likeness (QED) is 0.785. The van der Waals surface area contributed by atoms with E-state index in [4.69, 9.17) is 0 Å². The van der Waals surface area contributed by atoms with E-state index in [1.54, 1.807) is 6.07 Å². The van der Waals surface area contributed by atoms with Crippen molar-refractivity contribution in [2.24, 2.45) is 0 Å². The van der Waals surface area contributed by atoms with Gasteiger partial charge in [0.05, 0.1) is 0 Å². The molecule has 1 aromatic rings. The Kier molecular flexibility index (Phi) is 6.16. The van der Waals surface area contributed by atoms with Crippen LogP contribution in [0.2, 0.25) is 0 Å². The van der Waals surface area contributed by atoms with Gasteiger partial charge in [0, 0.05) is 24.7 Å². The van der Waals surface area contributed by atoms with Gasteiger partial charge in [-0.15, -0.1) is 0 Å². The maximum absolute atomic E-state index is 13.5. The molecular weight excluding hydrogens is 215 g/mol. The largest absolute Gasteiger partial charge is 0.315 e. The fourth-order valence-electron chi connectivity index (χ4n) is 1.95. The third kappa shape index (κ3) is 4.44. The van der Waals surface area contributed by atoms with Gasteiger partial charge < -0.3 is 5.32 Å². The lowest BCUT2D eigenvalue weighted by Gasteiger charge is -2.27. The second kappa shape index (κ2) is 7.41. The first-order valence-corrected chi connectivity index (χ1v) is 6.33. The molecule has 0 aliphatic heterocycles. The SMILES string of the molecule is CCNCC(CC)N(C)Cc1ccccc1F. The van der Waals surface area contributed by atoms with Crippen LogP contribution in [0.4, 0.5) is 4.39 Å². The van der Waals surface area contributed by atoms with Crippen LogP contribution in [0.15, 0.2) is 24.3 Å². The van der Waals surface area contributed by atoms with E-state index in [9.17, 15) is 4.39 Å². The fourth-order valence-corrected chi connectivity index (χ4v) is 1.95. The van der Waals surface area contributed by atoms with Crippen molar-refractivity contribution in [2.75, 3.05) is 20.1 Å². The molecule has 1 N–H and O–H groups in total. The van der Waals surface area contributed by atoms with E-state index in [1.165, 1.54) is 6.07 Å². The first-order valence-electron chi connectivity index (χ1n) is 6.33. The highest BCUT2D eigenvalue weighted by Crippen LogP contribution is 2.11. The van der Waals surface area contributed by atoms with Crippen LogP contribution >= 0.6 is 0 Å². The molecule has 0 fully saturated rings. The maximum Gasteiger partial charge on any atom is 0.127 e. The molecule has 0 saturated heterocycles. The van der Waals surface area contributed by atoms with Crippen LogP contribution in [0.1, 0.15) is 25.8 Å². The number of halogens is 1. The van der Waals surface area contributed by atoms with Gasteiger partial charge in [-0.25, -0.2) is 4.39 Å². The molecule has 0 aromatic heterocycles. The zero-order valence-corrected chi connectivity index (χ0v) is 11.0. The van der Waals surface area contributed by atoms with E-state index in [-0.39, 0.29) is 5.82 Å². The van der Waals surface area contributed by atoms with Gasteiger partial charge in [-0.3, -0.25) is 4.90 Å². The number of nitrogens with zero attached hydrogens (tertiary/aromatic N) is 1. The normalized spacial score (nSPS) is 13.0. The zero-order valence-electron chi connectivity index (χ0n) is 11.0. The minimum Gasteiger partial charge on any atom is -0.315 e. The summed E-state index contributed by atoms with van der Waals surface area (Å²) in [6.07, 6.45) is 1.07. The standard InChI is InChI=1S/C14H23FN2/c1-4-13(10-16-5-2)17(3)11-12-8-6-7-9-14(12)15/h6-9,13,16H,4-5,10-11H2,1-3H3. The average molecular weight is 238 g/mol. The smallest absolute Gasteiger partial charge is 0.127 e. The van der Waals surface area contributed by atoms with E-state index in [2.05, 4.69) is 31.1 Å². The Morgan fingerprint density at radius 1 is 1.29 bits per heavy atom. The monoisotopic (exact) mass is 238 g/mol. The van der Waals surface area contributed by atoms with Crippen molar-refractivity contribution >= 4 is 0 Å². The Hall–Kier alpha value is -0.930. The highest BCUT2D eigenvalue weighted by Gasteiger charge is 2.13. The molecule has 2 nitrogen and oxygen atoms in total. The van der Waals surface area contributed by atoms with Crippen LogP contribution in [-0.4, -0.2) is 31.1 Å². The zero-order chi connectivity index (χ0) is 12.7. The molecule has 0 saturated carbocycles. The summed E-state index contributed by atoms with van der Waals surface area (Å²) >= 11 is 0. The van der Waals surface area contributed by atoms with Gasteiger partial charge in [0.2, 0.25) is 0 Å². The molecule has 1 aromatic carbocycles. The molecule has 0 spiro atoms. The molecule has 1 unspecified atom stereocenters. The van der Waals surface area contributed by atoms with Crippen molar-refractivity contribution in [2.45, 2.75) is 32.9 Å². The minimum absolute atomic E-state index is 0.113. The van der Waals surface area contributed by atoms with Gasteiger partial charge >= 0.3 is 0 Å². The Bertz CT molecular complexity index is 328. The summed E-state index contributed by atoms with van der Waals surface area (Å²) in [4.78, 5) is 2.21. The highest BCUT2D eigenvalue weighted by molar-refractivity contribution is 5.17. The summed E-state index contributed by atoms with van der Waals surface area (Å²) in [5, 5.41) is 3.35. The molecule has 0 bridgehead atoms. The van der Waals surface area contributed by atoms with Crippen molar-refractivity contribution in [3.63, 3.8) is 0 Å². The van der Waals surface area contributed by atoms with E-state index < -0.39 is 0 Å². The van der Waals surface area contributed by atoms with E-state index in [1.807, 2.05) is 12.1 Å². The summed E-state index contributed by atoms with van der Waals surface area (Å²) in [6, 6.07) is 7.45. The average Bonchev–Trinajstić information content (AvgIpc) is 2.33. The lowest BCUT2D eigenvalue weighted by molar-refractivity contribution is 0.220. The minimum atomic E-state index is -0.113. The number of hydrogen-bond acceptors (Lipinski definition) is 2. The van der Waals surface area contributed by atoms with Crippen LogP contribution in [0.5, 0.6) is 0 Å². The number of rotatable bonds is 7. The van der Waals surface area contributed by atoms with E-state index >= 15 is 0 Å². The van der Waals surface area contributed by atoms with Gasteiger partial charge in [-0.1, -0.05) is 32.0 Å². The maximum atomic E-state index is 13.5. The van der Waals surface area contributed by atoms with Crippen LogP contribution < -0.4 is 5.32 Å². The van der Waals surface area contributed by atoms with Crippen molar-refractivity contribution in [1.29, 1.82) is 0 Å². The summed E-state index contributed by atoms with van der Waals surface area (Å²) in [5.41, 5.74) is 0.768. The van der Waals surface area contributed by atoms with Crippen molar-refractivity contribution in [3.8, 4) is 0 Å². The van der Waals surface area contributed by atoms with Gasteiger partial charge in [0.15, 0.2) is 0 Å². The predicted octanol–water partition coefficient (Wildman–Crippen LogP) is 2.65. The van der Waals surface area contributed by atoms with E-state index in [0.29, 0.717) is 12.6 Å². The summed E-state index contributed by atoms with van der Waals surface area (Å²) in [7, 11) is 2.05. The Morgan fingerprint density at radius 3 is 2.59 bits per heavy atom. The first kappa shape index (κ1) is 14.1. The van der Waals surface area contributed by atoms with Gasteiger partial charge in [-0.05, 0) is 26.1 Å². The summed E-state index contributed by atoms with van der Waals surface area (Å²) < 4.78 is 13.5. The van der Waals surface area contributed by atoms with Crippen molar-refractivity contribution < 1.29 is 4.39 Å². The topological polar surface area (TPSA) is 15.3 Å². The fraction of sp³-hybridized carbons (Fsp3) is 0.571. The Labute approximate surface area is 104 Å². The Balaban J connectivity index is 2.57. The lowest BCUT2D eigenvalue weighted by Crippen LogP contribution is -2.39. The van der Waals surface area contributed by atoms with Crippen molar-refractivity contribution in [3.05, 3.63) is 35.6 Å². The first-order chi connectivity index (χ1) is 8.19.